The first-order chi connectivity index (χ1) is 9.31. The monoisotopic (exact) mass is 273 g/mol. The summed E-state index contributed by atoms with van der Waals surface area (Å²) in [6.45, 7) is 1.01. The SMILES string of the molecule is N#Cc1ccc2nc(CCCl)n(CC3CCC3)c2c1. The molecule has 2 aromatic rings. The maximum Gasteiger partial charge on any atom is 0.111 e. The lowest BCUT2D eigenvalue weighted by Gasteiger charge is -2.26. The summed E-state index contributed by atoms with van der Waals surface area (Å²) in [5.74, 6) is 2.39. The Morgan fingerprint density at radius 1 is 1.42 bits per heavy atom. The molecule has 0 saturated heterocycles. The van der Waals surface area contributed by atoms with Gasteiger partial charge in [0.25, 0.3) is 0 Å². The number of fused-ring (bicyclic) bond motifs is 1. The number of aryl methyl sites for hydroxylation is 1. The Labute approximate surface area is 117 Å². The Bertz CT molecular complexity index is 635. The van der Waals surface area contributed by atoms with Crippen LogP contribution in [0.5, 0.6) is 0 Å². The van der Waals surface area contributed by atoms with Crippen LogP contribution in [0.3, 0.4) is 0 Å². The molecule has 1 aromatic carbocycles. The number of aromatic nitrogens is 2. The summed E-state index contributed by atoms with van der Waals surface area (Å²) in [7, 11) is 0. The predicted molar refractivity (Wildman–Crippen MR) is 76.2 cm³/mol. The van der Waals surface area contributed by atoms with Crippen LogP contribution in [-0.4, -0.2) is 15.4 Å². The first kappa shape index (κ1) is 12.5. The molecule has 1 fully saturated rings. The topological polar surface area (TPSA) is 41.6 Å². The number of hydrogen-bond donors (Lipinski definition) is 0. The normalized spacial score (nSPS) is 15.4. The van der Waals surface area contributed by atoms with Crippen LogP contribution in [0.25, 0.3) is 11.0 Å². The van der Waals surface area contributed by atoms with E-state index < -0.39 is 0 Å². The first-order valence-corrected chi connectivity index (χ1v) is 7.30. The molecule has 1 aliphatic rings. The molecule has 0 atom stereocenters. The Balaban J connectivity index is 2.06. The average Bonchev–Trinajstić information content (AvgIpc) is 2.71. The molecule has 0 bridgehead atoms. The number of rotatable bonds is 4. The highest BCUT2D eigenvalue weighted by Crippen LogP contribution is 2.30. The second-order valence-corrected chi connectivity index (χ2v) is 5.57. The molecule has 0 spiro atoms. The number of hydrogen-bond acceptors (Lipinski definition) is 2. The molecule has 0 amide bonds. The Morgan fingerprint density at radius 2 is 2.26 bits per heavy atom. The van der Waals surface area contributed by atoms with E-state index in [1.807, 2.05) is 18.2 Å². The number of nitrogens with zero attached hydrogens (tertiary/aromatic N) is 3. The van der Waals surface area contributed by atoms with Crippen LogP contribution in [-0.2, 0) is 13.0 Å². The van der Waals surface area contributed by atoms with Gasteiger partial charge < -0.3 is 4.57 Å². The molecule has 0 unspecified atom stereocenters. The molecule has 0 radical (unpaired) electrons. The minimum absolute atomic E-state index is 0.582. The van der Waals surface area contributed by atoms with Gasteiger partial charge in [0.15, 0.2) is 0 Å². The Kier molecular flexibility index (Phi) is 3.44. The summed E-state index contributed by atoms with van der Waals surface area (Å²) in [5, 5.41) is 9.04. The zero-order valence-corrected chi connectivity index (χ0v) is 11.5. The van der Waals surface area contributed by atoms with Crippen molar-refractivity contribution < 1.29 is 0 Å². The van der Waals surface area contributed by atoms with Crippen molar-refractivity contribution in [3.63, 3.8) is 0 Å². The maximum absolute atomic E-state index is 9.04. The quantitative estimate of drug-likeness (QED) is 0.800. The van der Waals surface area contributed by atoms with Gasteiger partial charge in [0.2, 0.25) is 0 Å². The van der Waals surface area contributed by atoms with E-state index in [0.29, 0.717) is 11.4 Å². The van der Waals surface area contributed by atoms with Crippen molar-refractivity contribution in [3.8, 4) is 6.07 Å². The summed E-state index contributed by atoms with van der Waals surface area (Å²) in [5.41, 5.74) is 2.74. The molecule has 1 aromatic heterocycles. The Morgan fingerprint density at radius 3 is 2.89 bits per heavy atom. The van der Waals surface area contributed by atoms with E-state index in [-0.39, 0.29) is 0 Å². The van der Waals surface area contributed by atoms with Crippen molar-refractivity contribution in [2.75, 3.05) is 5.88 Å². The molecule has 1 heterocycles. The molecule has 3 rings (SSSR count). The van der Waals surface area contributed by atoms with Gasteiger partial charge in [-0.05, 0) is 37.0 Å². The number of imidazole rings is 1. The fraction of sp³-hybridized carbons (Fsp3) is 0.467. The number of nitriles is 1. The summed E-state index contributed by atoms with van der Waals surface area (Å²) in [4.78, 5) is 4.66. The van der Waals surface area contributed by atoms with E-state index in [9.17, 15) is 0 Å². The third kappa shape index (κ3) is 2.33. The third-order valence-electron chi connectivity index (χ3n) is 3.94. The van der Waals surface area contributed by atoms with E-state index in [1.54, 1.807) is 0 Å². The minimum Gasteiger partial charge on any atom is -0.328 e. The van der Waals surface area contributed by atoms with Crippen LogP contribution in [0.15, 0.2) is 18.2 Å². The second-order valence-electron chi connectivity index (χ2n) is 5.19. The van der Waals surface area contributed by atoms with E-state index >= 15 is 0 Å². The summed E-state index contributed by atoms with van der Waals surface area (Å²) in [6, 6.07) is 7.91. The standard InChI is InChI=1S/C15H16ClN3/c16-7-6-15-18-13-5-4-12(9-17)8-14(13)19(15)10-11-2-1-3-11/h4-5,8,11H,1-3,6-7,10H2. The largest absolute Gasteiger partial charge is 0.328 e. The lowest BCUT2D eigenvalue weighted by molar-refractivity contribution is 0.277. The maximum atomic E-state index is 9.04. The molecule has 1 saturated carbocycles. The van der Waals surface area contributed by atoms with Crippen molar-refractivity contribution in [2.45, 2.75) is 32.2 Å². The smallest absolute Gasteiger partial charge is 0.111 e. The van der Waals surface area contributed by atoms with Gasteiger partial charge in [-0.2, -0.15) is 5.26 Å². The van der Waals surface area contributed by atoms with Crippen molar-refractivity contribution >= 4 is 22.6 Å². The molecular formula is C15H16ClN3. The number of alkyl halides is 1. The minimum atomic E-state index is 0.582. The fourth-order valence-corrected chi connectivity index (χ4v) is 2.82. The molecule has 4 heteroatoms. The van der Waals surface area contributed by atoms with Gasteiger partial charge in [0.1, 0.15) is 5.82 Å². The molecule has 19 heavy (non-hydrogen) atoms. The molecule has 98 valence electrons. The summed E-state index contributed by atoms with van der Waals surface area (Å²) < 4.78 is 2.27. The lowest BCUT2D eigenvalue weighted by Crippen LogP contribution is -2.19. The van der Waals surface area contributed by atoms with E-state index in [1.165, 1.54) is 19.3 Å². The van der Waals surface area contributed by atoms with E-state index in [0.717, 1.165) is 35.7 Å². The highest BCUT2D eigenvalue weighted by Gasteiger charge is 2.21. The predicted octanol–water partition coefficient (Wildman–Crippen LogP) is 3.49. The Hall–Kier alpha value is -1.53. The van der Waals surface area contributed by atoms with Gasteiger partial charge in [-0.1, -0.05) is 6.42 Å². The fourth-order valence-electron chi connectivity index (χ4n) is 2.65. The molecule has 0 aliphatic heterocycles. The summed E-state index contributed by atoms with van der Waals surface area (Å²) in [6.07, 6.45) is 4.73. The number of benzene rings is 1. The van der Waals surface area contributed by atoms with Gasteiger partial charge in [-0.25, -0.2) is 4.98 Å². The van der Waals surface area contributed by atoms with Gasteiger partial charge in [0, 0.05) is 18.8 Å². The van der Waals surface area contributed by atoms with Crippen LogP contribution in [0.2, 0.25) is 0 Å². The van der Waals surface area contributed by atoms with E-state index in [2.05, 4.69) is 15.6 Å². The van der Waals surface area contributed by atoms with Crippen LogP contribution in [0, 0.1) is 17.2 Å². The van der Waals surface area contributed by atoms with E-state index in [4.69, 9.17) is 16.9 Å². The summed E-state index contributed by atoms with van der Waals surface area (Å²) >= 11 is 5.87. The van der Waals surface area contributed by atoms with Crippen molar-refractivity contribution in [3.05, 3.63) is 29.6 Å². The molecule has 1 aliphatic carbocycles. The van der Waals surface area contributed by atoms with Crippen molar-refractivity contribution in [1.82, 2.24) is 9.55 Å². The highest BCUT2D eigenvalue weighted by atomic mass is 35.5. The van der Waals surface area contributed by atoms with Crippen LogP contribution in [0.4, 0.5) is 0 Å². The van der Waals surface area contributed by atoms with Crippen LogP contribution >= 0.6 is 11.6 Å². The van der Waals surface area contributed by atoms with Crippen molar-refractivity contribution in [1.29, 1.82) is 5.26 Å². The molecule has 3 nitrogen and oxygen atoms in total. The second kappa shape index (κ2) is 5.22. The van der Waals surface area contributed by atoms with Gasteiger partial charge in [0.05, 0.1) is 22.7 Å². The van der Waals surface area contributed by atoms with Crippen LogP contribution < -0.4 is 0 Å². The molecular weight excluding hydrogens is 258 g/mol. The number of halogens is 1. The lowest BCUT2D eigenvalue weighted by atomic mass is 9.85. The van der Waals surface area contributed by atoms with Crippen molar-refractivity contribution in [2.24, 2.45) is 5.92 Å². The van der Waals surface area contributed by atoms with Crippen LogP contribution in [0.1, 0.15) is 30.7 Å². The third-order valence-corrected chi connectivity index (χ3v) is 4.13. The zero-order valence-electron chi connectivity index (χ0n) is 10.8. The highest BCUT2D eigenvalue weighted by molar-refractivity contribution is 6.17. The van der Waals surface area contributed by atoms with Gasteiger partial charge in [-0.3, -0.25) is 0 Å². The molecule has 0 N–H and O–H groups in total. The van der Waals surface area contributed by atoms with Gasteiger partial charge in [-0.15, -0.1) is 11.6 Å². The van der Waals surface area contributed by atoms with Gasteiger partial charge >= 0.3 is 0 Å². The zero-order chi connectivity index (χ0) is 13.2. The first-order valence-electron chi connectivity index (χ1n) is 6.77. The average molecular weight is 274 g/mol.